The van der Waals surface area contributed by atoms with E-state index in [2.05, 4.69) is 15.2 Å². The van der Waals surface area contributed by atoms with E-state index in [1.807, 2.05) is 24.3 Å². The Balaban J connectivity index is 1.19. The normalized spacial score (nSPS) is 14.7. The highest BCUT2D eigenvalue weighted by Gasteiger charge is 2.23. The highest BCUT2D eigenvalue weighted by molar-refractivity contribution is 5.77. The van der Waals surface area contributed by atoms with E-state index in [1.54, 1.807) is 31.4 Å². The number of nitrogens with one attached hydrogen (secondary N) is 1. The second kappa shape index (κ2) is 8.86. The van der Waals surface area contributed by atoms with Gasteiger partial charge in [0.1, 0.15) is 17.0 Å². The maximum atomic E-state index is 12.1. The minimum atomic E-state index is -0.109. The van der Waals surface area contributed by atoms with Crippen molar-refractivity contribution in [1.29, 1.82) is 0 Å². The summed E-state index contributed by atoms with van der Waals surface area (Å²) in [5.41, 5.74) is 1.70. The topological polar surface area (TPSA) is 76.8 Å². The maximum Gasteiger partial charge on any atom is 0.298 e. The summed E-state index contributed by atoms with van der Waals surface area (Å²) in [6, 6.07) is 15.7. The van der Waals surface area contributed by atoms with E-state index in [9.17, 15) is 4.79 Å². The zero-order valence-electron chi connectivity index (χ0n) is 16.5. The number of amides is 1. The zero-order chi connectivity index (χ0) is 20.1. The van der Waals surface area contributed by atoms with E-state index in [4.69, 9.17) is 13.9 Å². The summed E-state index contributed by atoms with van der Waals surface area (Å²) in [5.74, 6) is 1.74. The number of nitrogens with zero attached hydrogens (tertiary/aromatic N) is 2. The van der Waals surface area contributed by atoms with Gasteiger partial charge in [-0.15, -0.1) is 0 Å². The van der Waals surface area contributed by atoms with Crippen LogP contribution in [0.5, 0.6) is 11.5 Å². The fourth-order valence-corrected chi connectivity index (χ4v) is 3.45. The average Bonchev–Trinajstić information content (AvgIpc) is 3.21. The van der Waals surface area contributed by atoms with Crippen molar-refractivity contribution in [3.8, 4) is 11.5 Å². The van der Waals surface area contributed by atoms with Crippen molar-refractivity contribution in [1.82, 2.24) is 10.3 Å². The Bertz CT molecular complexity index is 913. The Kier molecular flexibility index (Phi) is 5.84. The van der Waals surface area contributed by atoms with E-state index < -0.39 is 0 Å². The SMILES string of the molecule is COc1ccc(OCC(=O)NCC2CCN(c3nc4ccccc4o3)CC2)cc1. The molecule has 0 saturated carbocycles. The quantitative estimate of drug-likeness (QED) is 0.662. The molecule has 3 aromatic rings. The Morgan fingerprint density at radius 1 is 1.14 bits per heavy atom. The van der Waals surface area contributed by atoms with Crippen molar-refractivity contribution in [3.05, 3.63) is 48.5 Å². The van der Waals surface area contributed by atoms with E-state index in [0.717, 1.165) is 42.8 Å². The summed E-state index contributed by atoms with van der Waals surface area (Å²) in [5, 5.41) is 2.98. The lowest BCUT2D eigenvalue weighted by molar-refractivity contribution is -0.123. The number of methoxy groups -OCH3 is 1. The Morgan fingerprint density at radius 2 is 1.86 bits per heavy atom. The van der Waals surface area contributed by atoms with Crippen LogP contribution in [0.2, 0.25) is 0 Å². The standard InChI is InChI=1S/C22H25N3O4/c1-27-17-6-8-18(9-7-17)28-15-21(26)23-14-16-10-12-25(13-11-16)22-24-19-4-2-3-5-20(19)29-22/h2-9,16H,10-15H2,1H3,(H,23,26). The van der Waals surface area contributed by atoms with Gasteiger partial charge in [-0.25, -0.2) is 0 Å². The van der Waals surface area contributed by atoms with E-state index in [1.165, 1.54) is 0 Å². The Hall–Kier alpha value is -3.22. The molecule has 0 aliphatic carbocycles. The molecule has 1 aliphatic heterocycles. The number of benzene rings is 2. The summed E-state index contributed by atoms with van der Waals surface area (Å²) in [4.78, 5) is 18.8. The number of hydrogen-bond acceptors (Lipinski definition) is 6. The minimum absolute atomic E-state index is 0.00801. The number of carbonyl (C=O) groups is 1. The molecule has 152 valence electrons. The number of rotatable bonds is 7. The van der Waals surface area contributed by atoms with Crippen LogP contribution in [0.4, 0.5) is 6.01 Å². The summed E-state index contributed by atoms with van der Waals surface area (Å²) in [6.45, 7) is 2.41. The summed E-state index contributed by atoms with van der Waals surface area (Å²) in [6.07, 6.45) is 1.97. The van der Waals surface area contributed by atoms with Gasteiger partial charge >= 0.3 is 0 Å². The molecule has 29 heavy (non-hydrogen) atoms. The number of para-hydroxylation sites is 2. The van der Waals surface area contributed by atoms with Crippen molar-refractivity contribution in [3.63, 3.8) is 0 Å². The molecule has 7 heteroatoms. The molecule has 0 atom stereocenters. The molecule has 1 N–H and O–H groups in total. The molecule has 1 aromatic heterocycles. The lowest BCUT2D eigenvalue weighted by Crippen LogP contribution is -2.39. The fraction of sp³-hybridized carbons (Fsp3) is 0.364. The van der Waals surface area contributed by atoms with Gasteiger partial charge in [-0.3, -0.25) is 4.79 Å². The number of piperidine rings is 1. The number of carbonyl (C=O) groups excluding carboxylic acids is 1. The molecule has 0 unspecified atom stereocenters. The van der Waals surface area contributed by atoms with Gasteiger partial charge in [0.2, 0.25) is 0 Å². The predicted octanol–water partition coefficient (Wildman–Crippen LogP) is 3.25. The molecule has 1 aliphatic rings. The highest BCUT2D eigenvalue weighted by atomic mass is 16.5. The Morgan fingerprint density at radius 3 is 2.59 bits per heavy atom. The molecule has 7 nitrogen and oxygen atoms in total. The van der Waals surface area contributed by atoms with Gasteiger partial charge in [-0.1, -0.05) is 12.1 Å². The molecular weight excluding hydrogens is 370 g/mol. The third-order valence-electron chi connectivity index (χ3n) is 5.18. The first-order valence-corrected chi connectivity index (χ1v) is 9.85. The van der Waals surface area contributed by atoms with Crippen LogP contribution in [0.15, 0.2) is 52.9 Å². The first-order valence-electron chi connectivity index (χ1n) is 9.85. The molecule has 4 rings (SSSR count). The van der Waals surface area contributed by atoms with Crippen molar-refractivity contribution in [2.45, 2.75) is 12.8 Å². The third kappa shape index (κ3) is 4.80. The van der Waals surface area contributed by atoms with Crippen LogP contribution in [0.1, 0.15) is 12.8 Å². The predicted molar refractivity (Wildman–Crippen MR) is 110 cm³/mol. The molecule has 1 amide bonds. The molecule has 1 saturated heterocycles. The number of ether oxygens (including phenoxy) is 2. The van der Waals surface area contributed by atoms with Crippen molar-refractivity contribution in [2.24, 2.45) is 5.92 Å². The number of anilines is 1. The maximum absolute atomic E-state index is 12.1. The lowest BCUT2D eigenvalue weighted by Gasteiger charge is -2.30. The number of oxazole rings is 1. The van der Waals surface area contributed by atoms with E-state index in [-0.39, 0.29) is 12.5 Å². The van der Waals surface area contributed by atoms with E-state index >= 15 is 0 Å². The molecular formula is C22H25N3O4. The summed E-state index contributed by atoms with van der Waals surface area (Å²) in [7, 11) is 1.61. The van der Waals surface area contributed by atoms with Gasteiger partial charge in [0.15, 0.2) is 12.2 Å². The molecule has 1 fully saturated rings. The van der Waals surface area contributed by atoms with Crippen LogP contribution in [-0.2, 0) is 4.79 Å². The van der Waals surface area contributed by atoms with Gasteiger partial charge in [0.25, 0.3) is 11.9 Å². The average molecular weight is 395 g/mol. The zero-order valence-corrected chi connectivity index (χ0v) is 16.5. The summed E-state index contributed by atoms with van der Waals surface area (Å²) < 4.78 is 16.5. The first-order chi connectivity index (χ1) is 14.2. The third-order valence-corrected chi connectivity index (χ3v) is 5.18. The minimum Gasteiger partial charge on any atom is -0.497 e. The first kappa shape index (κ1) is 19.1. The van der Waals surface area contributed by atoms with Crippen LogP contribution < -0.4 is 19.7 Å². The summed E-state index contributed by atoms with van der Waals surface area (Å²) >= 11 is 0. The van der Waals surface area contributed by atoms with Crippen molar-refractivity contribution in [2.75, 3.05) is 38.3 Å². The van der Waals surface area contributed by atoms with Crippen LogP contribution in [0.3, 0.4) is 0 Å². The van der Waals surface area contributed by atoms with Crippen LogP contribution in [0, 0.1) is 5.92 Å². The number of hydrogen-bond donors (Lipinski definition) is 1. The number of aromatic nitrogens is 1. The van der Waals surface area contributed by atoms with Crippen molar-refractivity contribution < 1.29 is 18.7 Å². The van der Waals surface area contributed by atoms with Crippen molar-refractivity contribution >= 4 is 23.0 Å². The smallest absolute Gasteiger partial charge is 0.298 e. The van der Waals surface area contributed by atoms with Gasteiger partial charge < -0.3 is 24.1 Å². The molecule has 0 bridgehead atoms. The molecule has 2 aromatic carbocycles. The van der Waals surface area contributed by atoms with E-state index in [0.29, 0.717) is 24.2 Å². The van der Waals surface area contributed by atoms with Crippen LogP contribution in [-0.4, -0.2) is 44.2 Å². The Labute approximate surface area is 169 Å². The highest BCUT2D eigenvalue weighted by Crippen LogP contribution is 2.26. The number of fused-ring (bicyclic) bond motifs is 1. The molecule has 0 radical (unpaired) electrons. The second-order valence-electron chi connectivity index (χ2n) is 7.16. The fourth-order valence-electron chi connectivity index (χ4n) is 3.45. The van der Waals surface area contributed by atoms with Crippen LogP contribution in [0.25, 0.3) is 11.1 Å². The van der Waals surface area contributed by atoms with Gasteiger partial charge in [-0.2, -0.15) is 4.98 Å². The van der Waals surface area contributed by atoms with Gasteiger partial charge in [-0.05, 0) is 55.2 Å². The lowest BCUT2D eigenvalue weighted by atomic mass is 9.97. The largest absolute Gasteiger partial charge is 0.497 e. The van der Waals surface area contributed by atoms with Crippen LogP contribution >= 0.6 is 0 Å². The van der Waals surface area contributed by atoms with Gasteiger partial charge in [0.05, 0.1) is 7.11 Å². The molecule has 2 heterocycles. The monoisotopic (exact) mass is 395 g/mol. The molecule has 0 spiro atoms. The second-order valence-corrected chi connectivity index (χ2v) is 7.16. The van der Waals surface area contributed by atoms with Gasteiger partial charge in [0, 0.05) is 19.6 Å².